The van der Waals surface area contributed by atoms with Gasteiger partial charge < -0.3 is 0 Å². The number of ketones is 1. The van der Waals surface area contributed by atoms with Crippen LogP contribution in [0.4, 0.5) is 5.69 Å². The number of carbonyl (C=O) groups excluding carboxylic acids is 1. The van der Waals surface area contributed by atoms with E-state index in [-0.39, 0.29) is 28.7 Å². The molecule has 1 aromatic rings. The van der Waals surface area contributed by atoms with E-state index in [1.54, 1.807) is 0 Å². The lowest BCUT2D eigenvalue weighted by Gasteiger charge is -2.20. The summed E-state index contributed by atoms with van der Waals surface area (Å²) in [6.07, 6.45) is 4.58. The molecular formula is C14H17NO5S. The lowest BCUT2D eigenvalue weighted by molar-refractivity contribution is -0.385. The summed E-state index contributed by atoms with van der Waals surface area (Å²) < 4.78 is 21.4. The van der Waals surface area contributed by atoms with Crippen LogP contribution in [0, 0.1) is 16.0 Å². The molecule has 0 unspecified atom stereocenters. The number of thiol groups is 1. The first-order valence-electron chi connectivity index (χ1n) is 6.92. The molecule has 114 valence electrons. The first kappa shape index (κ1) is 15.6. The fourth-order valence-corrected chi connectivity index (χ4v) is 3.26. The maximum Gasteiger partial charge on any atom is 0.280 e. The standard InChI is InChI=1S/C14H17NO5S/c16-14(11-4-2-1-3-5-11)12-7-6-10(9-21(19)20)8-13(12)15(17)18/h6-8,11,21H,1-5,9H2. The van der Waals surface area contributed by atoms with Crippen molar-refractivity contribution in [2.24, 2.45) is 5.92 Å². The van der Waals surface area contributed by atoms with E-state index < -0.39 is 15.6 Å². The van der Waals surface area contributed by atoms with Crippen LogP contribution in [-0.2, 0) is 16.5 Å². The van der Waals surface area contributed by atoms with Crippen LogP contribution in [0.5, 0.6) is 0 Å². The minimum absolute atomic E-state index is 0.0942. The third-order valence-electron chi connectivity index (χ3n) is 3.81. The number of rotatable bonds is 5. The van der Waals surface area contributed by atoms with Gasteiger partial charge in [-0.1, -0.05) is 25.3 Å². The average molecular weight is 311 g/mol. The fourth-order valence-electron chi connectivity index (χ4n) is 2.77. The topological polar surface area (TPSA) is 94.3 Å². The van der Waals surface area contributed by atoms with Crippen LogP contribution in [-0.4, -0.2) is 19.1 Å². The van der Waals surface area contributed by atoms with Crippen molar-refractivity contribution < 1.29 is 18.1 Å². The third kappa shape index (κ3) is 3.87. The van der Waals surface area contributed by atoms with Gasteiger partial charge in [-0.15, -0.1) is 0 Å². The largest absolute Gasteiger partial charge is 0.294 e. The van der Waals surface area contributed by atoms with Crippen molar-refractivity contribution in [3.8, 4) is 0 Å². The summed E-state index contributed by atoms with van der Waals surface area (Å²) in [5.41, 5.74) is 0.134. The lowest BCUT2D eigenvalue weighted by Crippen LogP contribution is -2.19. The molecule has 7 heteroatoms. The monoisotopic (exact) mass is 311 g/mol. The van der Waals surface area contributed by atoms with Crippen molar-refractivity contribution in [2.45, 2.75) is 37.9 Å². The van der Waals surface area contributed by atoms with Crippen molar-refractivity contribution in [1.29, 1.82) is 0 Å². The van der Waals surface area contributed by atoms with Gasteiger partial charge in [0.2, 0.25) is 0 Å². The molecule has 0 atom stereocenters. The molecule has 0 radical (unpaired) electrons. The number of hydrogen-bond acceptors (Lipinski definition) is 5. The van der Waals surface area contributed by atoms with Gasteiger partial charge >= 0.3 is 0 Å². The van der Waals surface area contributed by atoms with Gasteiger partial charge in [-0.05, 0) is 24.5 Å². The Morgan fingerprint density at radius 3 is 2.48 bits per heavy atom. The number of hydrogen-bond donors (Lipinski definition) is 1. The Morgan fingerprint density at radius 1 is 1.24 bits per heavy atom. The highest BCUT2D eigenvalue weighted by Crippen LogP contribution is 2.30. The maximum absolute atomic E-state index is 12.4. The Kier molecular flexibility index (Phi) is 5.06. The smallest absolute Gasteiger partial charge is 0.280 e. The molecule has 0 amide bonds. The summed E-state index contributed by atoms with van der Waals surface area (Å²) >= 11 is 0. The molecule has 0 saturated heterocycles. The van der Waals surface area contributed by atoms with Gasteiger partial charge in [-0.25, -0.2) is 8.42 Å². The molecule has 1 aliphatic carbocycles. The van der Waals surface area contributed by atoms with Crippen molar-refractivity contribution in [3.05, 3.63) is 39.4 Å². The van der Waals surface area contributed by atoms with Crippen LogP contribution < -0.4 is 0 Å². The second-order valence-electron chi connectivity index (χ2n) is 5.30. The highest BCUT2D eigenvalue weighted by Gasteiger charge is 2.28. The predicted molar refractivity (Wildman–Crippen MR) is 78.0 cm³/mol. The molecule has 1 saturated carbocycles. The SMILES string of the molecule is O=C(c1ccc(C[SH](=O)=O)cc1[N+](=O)[O-])C1CCCCC1. The van der Waals surface area contributed by atoms with Crippen LogP contribution in [0.2, 0.25) is 0 Å². The van der Waals surface area contributed by atoms with Crippen LogP contribution in [0.15, 0.2) is 18.2 Å². The molecule has 0 aliphatic heterocycles. The summed E-state index contributed by atoms with van der Waals surface area (Å²) in [6, 6.07) is 4.07. The molecule has 0 spiro atoms. The summed E-state index contributed by atoms with van der Waals surface area (Å²) in [5.74, 6) is -0.604. The zero-order valence-electron chi connectivity index (χ0n) is 11.5. The normalized spacial score (nSPS) is 16.0. The molecule has 21 heavy (non-hydrogen) atoms. The molecule has 1 fully saturated rings. The van der Waals surface area contributed by atoms with Gasteiger partial charge in [-0.3, -0.25) is 14.9 Å². The highest BCUT2D eigenvalue weighted by molar-refractivity contribution is 7.71. The number of nitrogens with zero attached hydrogens (tertiary/aromatic N) is 1. The predicted octanol–water partition coefficient (Wildman–Crippen LogP) is 2.47. The molecule has 6 nitrogen and oxygen atoms in total. The van der Waals surface area contributed by atoms with Gasteiger partial charge in [0.15, 0.2) is 5.78 Å². The Morgan fingerprint density at radius 2 is 1.90 bits per heavy atom. The average Bonchev–Trinajstić information content (AvgIpc) is 2.46. The second kappa shape index (κ2) is 6.80. The molecule has 0 N–H and O–H groups in total. The summed E-state index contributed by atoms with van der Waals surface area (Å²) in [7, 11) is -2.65. The number of carbonyl (C=O) groups is 1. The minimum Gasteiger partial charge on any atom is -0.294 e. The Labute approximate surface area is 124 Å². The Bertz CT molecular complexity index is 624. The van der Waals surface area contributed by atoms with Crippen LogP contribution in [0.3, 0.4) is 0 Å². The van der Waals surface area contributed by atoms with Gasteiger partial charge in [0.05, 0.1) is 16.2 Å². The van der Waals surface area contributed by atoms with Crippen LogP contribution >= 0.6 is 0 Å². The highest BCUT2D eigenvalue weighted by atomic mass is 32.2. The van der Waals surface area contributed by atoms with Gasteiger partial charge in [-0.2, -0.15) is 0 Å². The van der Waals surface area contributed by atoms with E-state index in [0.717, 1.165) is 32.1 Å². The first-order chi connectivity index (χ1) is 9.99. The summed E-state index contributed by atoms with van der Waals surface area (Å²) in [6.45, 7) is 0. The van der Waals surface area contributed by atoms with E-state index in [1.807, 2.05) is 0 Å². The molecule has 0 heterocycles. The van der Waals surface area contributed by atoms with Gasteiger partial charge in [0, 0.05) is 12.0 Å². The van der Waals surface area contributed by atoms with Crippen LogP contribution in [0.25, 0.3) is 0 Å². The first-order valence-corrected chi connectivity index (χ1v) is 8.28. The zero-order valence-corrected chi connectivity index (χ0v) is 12.4. The molecule has 2 rings (SSSR count). The summed E-state index contributed by atoms with van der Waals surface area (Å²) in [5, 5.41) is 11.1. The number of nitro benzene ring substituents is 1. The van der Waals surface area contributed by atoms with Crippen molar-refractivity contribution in [2.75, 3.05) is 0 Å². The second-order valence-corrected chi connectivity index (χ2v) is 6.28. The van der Waals surface area contributed by atoms with Crippen LogP contribution in [0.1, 0.15) is 48.0 Å². The van der Waals surface area contributed by atoms with Gasteiger partial charge in [0.1, 0.15) is 10.7 Å². The molecule has 0 aromatic heterocycles. The van der Waals surface area contributed by atoms with Gasteiger partial charge in [0.25, 0.3) is 5.69 Å². The van der Waals surface area contributed by atoms with E-state index in [2.05, 4.69) is 0 Å². The molecular weight excluding hydrogens is 294 g/mol. The number of benzene rings is 1. The number of Topliss-reactive ketones (excluding diaryl/α,β-unsaturated/α-hetero) is 1. The lowest BCUT2D eigenvalue weighted by atomic mass is 9.83. The van der Waals surface area contributed by atoms with E-state index in [1.165, 1.54) is 18.2 Å². The van der Waals surface area contributed by atoms with E-state index in [9.17, 15) is 23.3 Å². The molecule has 1 aromatic carbocycles. The molecule has 1 aliphatic rings. The van der Waals surface area contributed by atoms with Crippen molar-refractivity contribution in [1.82, 2.24) is 0 Å². The van der Waals surface area contributed by atoms with Crippen molar-refractivity contribution in [3.63, 3.8) is 0 Å². The van der Waals surface area contributed by atoms with E-state index in [0.29, 0.717) is 5.56 Å². The minimum atomic E-state index is -2.65. The Balaban J connectivity index is 2.33. The number of nitro groups is 1. The quantitative estimate of drug-likeness (QED) is 0.390. The zero-order chi connectivity index (χ0) is 15.4. The van der Waals surface area contributed by atoms with E-state index in [4.69, 9.17) is 0 Å². The maximum atomic E-state index is 12.4. The van der Waals surface area contributed by atoms with E-state index >= 15 is 0 Å². The third-order valence-corrected chi connectivity index (χ3v) is 4.44. The fraction of sp³-hybridized carbons (Fsp3) is 0.500. The summed E-state index contributed by atoms with van der Waals surface area (Å²) in [4.78, 5) is 23.0. The van der Waals surface area contributed by atoms with Crippen molar-refractivity contribution >= 4 is 22.2 Å². The molecule has 0 bridgehead atoms. The Hall–Kier alpha value is -1.76.